The Hall–Kier alpha value is -4.50. The molecule has 1 heterocycles. The van der Waals surface area contributed by atoms with Gasteiger partial charge in [-0.2, -0.15) is 0 Å². The van der Waals surface area contributed by atoms with Crippen LogP contribution in [-0.4, -0.2) is 22.7 Å². The van der Waals surface area contributed by atoms with Crippen molar-refractivity contribution in [1.82, 2.24) is 0 Å². The Labute approximate surface area is 204 Å². The molecule has 0 unspecified atom stereocenters. The van der Waals surface area contributed by atoms with Gasteiger partial charge in [-0.15, -0.1) is 0 Å². The minimum atomic E-state index is -0.795. The Balaban J connectivity index is 1.51. The van der Waals surface area contributed by atoms with Gasteiger partial charge in [-0.1, -0.05) is 35.9 Å². The summed E-state index contributed by atoms with van der Waals surface area (Å²) in [6, 6.07) is 16.8. The summed E-state index contributed by atoms with van der Waals surface area (Å²) in [5.74, 6) is -2.22. The van der Waals surface area contributed by atoms with Crippen molar-refractivity contribution in [3.05, 3.63) is 104 Å². The smallest absolute Gasteiger partial charge is 0.343 e. The zero-order valence-corrected chi connectivity index (χ0v) is 19.3. The molecular weight excluding hydrogens is 474 g/mol. The van der Waals surface area contributed by atoms with Crippen LogP contribution in [0.3, 0.4) is 0 Å². The van der Waals surface area contributed by atoms with E-state index in [1.165, 1.54) is 48.5 Å². The Morgan fingerprint density at radius 1 is 1.00 bits per heavy atom. The summed E-state index contributed by atoms with van der Waals surface area (Å²) < 4.78 is 5.16. The number of halogens is 1. The fourth-order valence-corrected chi connectivity index (χ4v) is 3.69. The maximum atomic E-state index is 13.0. The van der Waals surface area contributed by atoms with Crippen LogP contribution >= 0.6 is 11.6 Å². The second kappa shape index (κ2) is 9.40. The van der Waals surface area contributed by atoms with E-state index >= 15 is 0 Å². The van der Waals surface area contributed by atoms with Gasteiger partial charge in [-0.25, -0.2) is 9.69 Å². The number of nitro groups is 1. The van der Waals surface area contributed by atoms with E-state index in [9.17, 15) is 24.5 Å². The fourth-order valence-electron chi connectivity index (χ4n) is 3.48. The van der Waals surface area contributed by atoms with E-state index in [-0.39, 0.29) is 27.7 Å². The van der Waals surface area contributed by atoms with E-state index in [0.717, 1.165) is 16.0 Å². The lowest BCUT2D eigenvalue weighted by molar-refractivity contribution is -0.385. The molecule has 4 rings (SSSR count). The Bertz CT molecular complexity index is 1410. The summed E-state index contributed by atoms with van der Waals surface area (Å²) in [5, 5.41) is 13.7. The highest BCUT2D eigenvalue weighted by molar-refractivity contribution is 6.53. The first-order valence-corrected chi connectivity index (χ1v) is 10.7. The number of para-hydroxylation sites is 2. The van der Waals surface area contributed by atoms with Gasteiger partial charge in [0.2, 0.25) is 5.75 Å². The van der Waals surface area contributed by atoms with Gasteiger partial charge < -0.3 is 10.1 Å². The maximum Gasteiger partial charge on any atom is 0.343 e. The Kier molecular flexibility index (Phi) is 6.35. The molecule has 35 heavy (non-hydrogen) atoms. The average Bonchev–Trinajstić information content (AvgIpc) is 3.04. The van der Waals surface area contributed by atoms with Crippen molar-refractivity contribution in [3.8, 4) is 5.75 Å². The van der Waals surface area contributed by atoms with Gasteiger partial charge in [0.15, 0.2) is 0 Å². The fraction of sp³-hybridized carbons (Fsp3) is 0.0800. The number of esters is 1. The number of carbonyl (C=O) groups excluding carboxylic acids is 3. The van der Waals surface area contributed by atoms with Crippen LogP contribution in [0.4, 0.5) is 17.1 Å². The second-order valence-corrected chi connectivity index (χ2v) is 8.12. The number of amides is 2. The first-order valence-electron chi connectivity index (χ1n) is 10.4. The number of ether oxygens (including phenoxy) is 1. The van der Waals surface area contributed by atoms with Gasteiger partial charge >= 0.3 is 11.7 Å². The predicted octanol–water partition coefficient (Wildman–Crippen LogP) is 4.87. The monoisotopic (exact) mass is 491 g/mol. The third-order valence-electron chi connectivity index (χ3n) is 5.29. The number of benzene rings is 3. The van der Waals surface area contributed by atoms with Crippen molar-refractivity contribution in [1.29, 1.82) is 0 Å². The largest absolute Gasteiger partial charge is 0.416 e. The van der Waals surface area contributed by atoms with Crippen LogP contribution in [0.25, 0.3) is 0 Å². The van der Waals surface area contributed by atoms with Crippen molar-refractivity contribution >= 4 is 46.4 Å². The number of carbonyl (C=O) groups is 3. The molecule has 0 spiro atoms. The highest BCUT2D eigenvalue weighted by Gasteiger charge is 2.39. The molecule has 0 aromatic heterocycles. The molecule has 0 saturated heterocycles. The summed E-state index contributed by atoms with van der Waals surface area (Å²) in [6.45, 7) is 3.64. The SMILES string of the molecule is Cc1ccc(C)c(N2C(=O)C(Cl)=C(Nc3ccc(C(=O)Oc4ccccc4[N+](=O)[O-])cc3)C2=O)c1. The average molecular weight is 492 g/mol. The predicted molar refractivity (Wildman–Crippen MR) is 129 cm³/mol. The standard InChI is InChI=1S/C25H18ClN3O6/c1-14-7-8-15(2)19(13-14)28-23(30)21(26)22(24(28)31)27-17-11-9-16(10-12-17)25(32)35-20-6-4-3-5-18(20)29(33)34/h3-13,27H,1-2H3. The summed E-state index contributed by atoms with van der Waals surface area (Å²) in [5.41, 5.74) is 2.16. The van der Waals surface area contributed by atoms with Crippen LogP contribution in [0.15, 0.2) is 77.5 Å². The van der Waals surface area contributed by atoms with Gasteiger partial charge in [0, 0.05) is 11.8 Å². The van der Waals surface area contributed by atoms with E-state index in [4.69, 9.17) is 16.3 Å². The second-order valence-electron chi connectivity index (χ2n) is 7.74. The van der Waals surface area contributed by atoms with Crippen molar-refractivity contribution in [2.75, 3.05) is 10.2 Å². The van der Waals surface area contributed by atoms with Crippen molar-refractivity contribution in [2.24, 2.45) is 0 Å². The Morgan fingerprint density at radius 2 is 1.69 bits per heavy atom. The molecule has 0 bridgehead atoms. The summed E-state index contributed by atoms with van der Waals surface area (Å²) in [7, 11) is 0. The minimum absolute atomic E-state index is 0.0900. The molecule has 3 aromatic carbocycles. The zero-order valence-electron chi connectivity index (χ0n) is 18.6. The summed E-state index contributed by atoms with van der Waals surface area (Å²) in [6.07, 6.45) is 0. The molecule has 0 atom stereocenters. The quantitative estimate of drug-likeness (QED) is 0.172. The molecule has 1 aliphatic heterocycles. The van der Waals surface area contributed by atoms with Gasteiger partial charge in [0.05, 0.1) is 16.2 Å². The van der Waals surface area contributed by atoms with E-state index < -0.39 is 22.7 Å². The number of imide groups is 1. The third-order valence-corrected chi connectivity index (χ3v) is 5.64. The number of nitrogens with one attached hydrogen (secondary N) is 1. The van der Waals surface area contributed by atoms with Crippen LogP contribution in [0, 0.1) is 24.0 Å². The number of nitro benzene ring substituents is 1. The van der Waals surface area contributed by atoms with Gasteiger partial charge in [-0.05, 0) is 61.4 Å². The van der Waals surface area contributed by atoms with Gasteiger partial charge in [0.1, 0.15) is 10.7 Å². The molecule has 0 radical (unpaired) electrons. The first kappa shape index (κ1) is 23.7. The molecule has 176 valence electrons. The molecule has 3 aromatic rings. The summed E-state index contributed by atoms with van der Waals surface area (Å²) in [4.78, 5) is 49.7. The van der Waals surface area contributed by atoms with E-state index in [2.05, 4.69) is 5.32 Å². The Morgan fingerprint density at radius 3 is 2.37 bits per heavy atom. The molecule has 0 saturated carbocycles. The minimum Gasteiger partial charge on any atom is -0.416 e. The zero-order chi connectivity index (χ0) is 25.3. The van der Waals surface area contributed by atoms with E-state index in [1.54, 1.807) is 13.0 Å². The molecule has 9 nitrogen and oxygen atoms in total. The number of rotatable bonds is 6. The van der Waals surface area contributed by atoms with Crippen LogP contribution in [0.1, 0.15) is 21.5 Å². The lowest BCUT2D eigenvalue weighted by atomic mass is 10.1. The topological polar surface area (TPSA) is 119 Å². The van der Waals surface area contributed by atoms with Gasteiger partial charge in [0.25, 0.3) is 11.8 Å². The highest BCUT2D eigenvalue weighted by atomic mass is 35.5. The molecule has 1 N–H and O–H groups in total. The highest BCUT2D eigenvalue weighted by Crippen LogP contribution is 2.33. The number of hydrogen-bond donors (Lipinski definition) is 1. The number of anilines is 2. The third kappa shape index (κ3) is 4.62. The molecule has 1 aliphatic rings. The van der Waals surface area contributed by atoms with Crippen LogP contribution < -0.4 is 15.0 Å². The van der Waals surface area contributed by atoms with Crippen LogP contribution in [0.2, 0.25) is 0 Å². The summed E-state index contributed by atoms with van der Waals surface area (Å²) >= 11 is 6.20. The number of hydrogen-bond acceptors (Lipinski definition) is 7. The number of aryl methyl sites for hydroxylation is 2. The molecule has 0 aliphatic carbocycles. The first-order chi connectivity index (χ1) is 16.7. The van der Waals surface area contributed by atoms with E-state index in [1.807, 2.05) is 19.1 Å². The molecule has 0 fully saturated rings. The number of nitrogens with zero attached hydrogens (tertiary/aromatic N) is 2. The molecule has 10 heteroatoms. The normalized spacial score (nSPS) is 13.3. The van der Waals surface area contributed by atoms with Crippen molar-refractivity contribution in [3.63, 3.8) is 0 Å². The van der Waals surface area contributed by atoms with Crippen LogP contribution in [0.5, 0.6) is 5.75 Å². The lowest BCUT2D eigenvalue weighted by Crippen LogP contribution is -2.32. The van der Waals surface area contributed by atoms with Crippen molar-refractivity contribution < 1.29 is 24.0 Å². The van der Waals surface area contributed by atoms with Crippen molar-refractivity contribution in [2.45, 2.75) is 13.8 Å². The lowest BCUT2D eigenvalue weighted by Gasteiger charge is -2.18. The van der Waals surface area contributed by atoms with Crippen LogP contribution in [-0.2, 0) is 9.59 Å². The molecule has 2 amide bonds. The maximum absolute atomic E-state index is 13.0. The van der Waals surface area contributed by atoms with E-state index in [0.29, 0.717) is 11.4 Å². The van der Waals surface area contributed by atoms with Gasteiger partial charge in [-0.3, -0.25) is 19.7 Å². The molecular formula is C25H18ClN3O6.